The van der Waals surface area contributed by atoms with Gasteiger partial charge in [0, 0.05) is 18.7 Å². The van der Waals surface area contributed by atoms with Gasteiger partial charge in [-0.2, -0.15) is 5.26 Å². The van der Waals surface area contributed by atoms with Gasteiger partial charge >= 0.3 is 0 Å². The first kappa shape index (κ1) is 15.7. The van der Waals surface area contributed by atoms with Crippen molar-refractivity contribution in [3.05, 3.63) is 79.9 Å². The zero-order chi connectivity index (χ0) is 18.3. The normalized spacial score (nSPS) is 14.3. The van der Waals surface area contributed by atoms with Crippen LogP contribution in [0.5, 0.6) is 0 Å². The van der Waals surface area contributed by atoms with Gasteiger partial charge in [-0.3, -0.25) is 19.5 Å². The number of rotatable bonds is 2. The van der Waals surface area contributed by atoms with E-state index in [1.54, 1.807) is 16.7 Å². The van der Waals surface area contributed by atoms with E-state index in [9.17, 15) is 14.9 Å². The minimum Gasteiger partial charge on any atom is -0.292 e. The summed E-state index contributed by atoms with van der Waals surface area (Å²) in [6.45, 7) is 0.488. The largest absolute Gasteiger partial charge is 0.292 e. The number of nitro groups is 1. The Bertz CT molecular complexity index is 1180. The molecule has 0 atom stereocenters. The summed E-state index contributed by atoms with van der Waals surface area (Å²) in [7, 11) is 0. The van der Waals surface area contributed by atoms with Crippen LogP contribution in [0.1, 0.15) is 23.4 Å². The van der Waals surface area contributed by atoms with Crippen molar-refractivity contribution in [1.29, 1.82) is 5.26 Å². The molecule has 0 radical (unpaired) electrons. The van der Waals surface area contributed by atoms with Gasteiger partial charge in [-0.25, -0.2) is 4.98 Å². The smallest absolute Gasteiger partial charge is 0.270 e. The molecule has 2 aromatic carbocycles. The Kier molecular flexibility index (Phi) is 3.59. The first-order valence-electron chi connectivity index (χ1n) is 7.97. The Hall–Kier alpha value is -3.79. The third-order valence-corrected chi connectivity index (χ3v) is 4.42. The summed E-state index contributed by atoms with van der Waals surface area (Å²) in [5.74, 6) is 0.584. The van der Waals surface area contributed by atoms with Crippen molar-refractivity contribution in [3.8, 4) is 6.07 Å². The van der Waals surface area contributed by atoms with Crippen LogP contribution in [0.4, 0.5) is 5.69 Å². The molecule has 0 fully saturated rings. The lowest BCUT2D eigenvalue weighted by Gasteiger charge is -2.05. The van der Waals surface area contributed by atoms with E-state index in [0.717, 1.165) is 11.1 Å². The summed E-state index contributed by atoms with van der Waals surface area (Å²) in [5, 5.41) is 20.1. The fourth-order valence-electron chi connectivity index (χ4n) is 3.11. The van der Waals surface area contributed by atoms with Crippen molar-refractivity contribution < 1.29 is 4.92 Å². The second kappa shape index (κ2) is 5.93. The Labute approximate surface area is 147 Å². The first-order valence-corrected chi connectivity index (χ1v) is 7.97. The van der Waals surface area contributed by atoms with Crippen LogP contribution in [-0.4, -0.2) is 14.5 Å². The van der Waals surface area contributed by atoms with Crippen molar-refractivity contribution in [1.82, 2.24) is 9.55 Å². The minimum atomic E-state index is -0.521. The molecule has 0 aliphatic carbocycles. The molecular weight excluding hydrogens is 332 g/mol. The van der Waals surface area contributed by atoms with Crippen molar-refractivity contribution in [2.45, 2.75) is 13.0 Å². The molecule has 1 aromatic heterocycles. The molecule has 4 rings (SSSR count). The predicted molar refractivity (Wildman–Crippen MR) is 96.3 cm³/mol. The zero-order valence-electron chi connectivity index (χ0n) is 13.5. The molecule has 1 aliphatic rings. The topological polar surface area (TPSA) is 102 Å². The maximum Gasteiger partial charge on any atom is 0.270 e. The maximum atomic E-state index is 12.7. The highest BCUT2D eigenvalue weighted by molar-refractivity contribution is 5.85. The highest BCUT2D eigenvalue weighted by Crippen LogP contribution is 2.28. The molecule has 0 amide bonds. The Morgan fingerprint density at radius 3 is 2.69 bits per heavy atom. The molecular formula is C19H12N4O3. The summed E-state index contributed by atoms with van der Waals surface area (Å²) in [4.78, 5) is 27.7. The van der Waals surface area contributed by atoms with Crippen LogP contribution in [0.2, 0.25) is 0 Å². The fraction of sp³-hybridized carbons (Fsp3) is 0.105. The number of allylic oxidation sites excluding steroid dienone is 1. The number of nitro benzene ring substituents is 1. The summed E-state index contributed by atoms with van der Waals surface area (Å²) in [6, 6.07) is 13.4. The molecule has 0 unspecified atom stereocenters. The van der Waals surface area contributed by atoms with E-state index in [-0.39, 0.29) is 16.6 Å². The quantitative estimate of drug-likeness (QED) is 0.525. The van der Waals surface area contributed by atoms with E-state index in [0.29, 0.717) is 29.9 Å². The van der Waals surface area contributed by atoms with Gasteiger partial charge in [0.15, 0.2) is 0 Å². The zero-order valence-corrected chi connectivity index (χ0v) is 13.5. The average Bonchev–Trinajstić information content (AvgIpc) is 3.05. The fourth-order valence-corrected chi connectivity index (χ4v) is 3.11. The second-order valence-corrected chi connectivity index (χ2v) is 6.00. The number of nitriles is 1. The molecule has 26 heavy (non-hydrogen) atoms. The van der Waals surface area contributed by atoms with Gasteiger partial charge in [-0.05, 0) is 41.8 Å². The van der Waals surface area contributed by atoms with E-state index in [4.69, 9.17) is 5.26 Å². The standard InChI is InChI=1S/C19H12N4O3/c20-11-13-3-1-12(2-4-13)9-14-7-8-22-18(14)21-17-6-5-15(23(25)26)10-16(17)19(22)24/h1-6,9-10H,7-8H2/b14-9-. The van der Waals surface area contributed by atoms with Crippen LogP contribution in [0.25, 0.3) is 22.6 Å². The van der Waals surface area contributed by atoms with E-state index in [1.807, 2.05) is 18.2 Å². The molecule has 7 nitrogen and oxygen atoms in total. The van der Waals surface area contributed by atoms with Crippen LogP contribution in [-0.2, 0) is 6.54 Å². The molecule has 3 aromatic rings. The van der Waals surface area contributed by atoms with Crippen LogP contribution in [0.3, 0.4) is 0 Å². The monoisotopic (exact) mass is 344 g/mol. The lowest BCUT2D eigenvalue weighted by atomic mass is 10.1. The van der Waals surface area contributed by atoms with Crippen LogP contribution in [0.15, 0.2) is 47.3 Å². The molecule has 0 bridgehead atoms. The Morgan fingerprint density at radius 1 is 1.23 bits per heavy atom. The molecule has 126 valence electrons. The van der Waals surface area contributed by atoms with Crippen molar-refractivity contribution in [2.24, 2.45) is 0 Å². The number of hydrogen-bond donors (Lipinski definition) is 0. The Balaban J connectivity index is 1.84. The predicted octanol–water partition coefficient (Wildman–Crippen LogP) is 3.12. The molecule has 7 heteroatoms. The minimum absolute atomic E-state index is 0.122. The molecule has 0 N–H and O–H groups in total. The van der Waals surface area contributed by atoms with E-state index < -0.39 is 4.92 Å². The number of nitrogens with zero attached hydrogens (tertiary/aromatic N) is 4. The lowest BCUT2D eigenvalue weighted by Crippen LogP contribution is -2.20. The first-order chi connectivity index (χ1) is 12.6. The number of fused-ring (bicyclic) bond motifs is 2. The van der Waals surface area contributed by atoms with E-state index in [2.05, 4.69) is 11.1 Å². The van der Waals surface area contributed by atoms with E-state index >= 15 is 0 Å². The molecule has 1 aliphatic heterocycles. The number of aromatic nitrogens is 2. The van der Waals surface area contributed by atoms with Crippen molar-refractivity contribution >= 4 is 28.2 Å². The molecule has 0 spiro atoms. The maximum absolute atomic E-state index is 12.7. The lowest BCUT2D eigenvalue weighted by molar-refractivity contribution is -0.384. The second-order valence-electron chi connectivity index (χ2n) is 6.00. The summed E-state index contributed by atoms with van der Waals surface area (Å²) in [6.07, 6.45) is 2.60. The van der Waals surface area contributed by atoms with Gasteiger partial charge < -0.3 is 0 Å². The van der Waals surface area contributed by atoms with Gasteiger partial charge in [0.2, 0.25) is 0 Å². The molecule has 0 saturated heterocycles. The SMILES string of the molecule is N#Cc1ccc(/C=C2/CCn3c2nc2ccc([N+](=O)[O-])cc2c3=O)cc1. The average molecular weight is 344 g/mol. The van der Waals surface area contributed by atoms with Crippen LogP contribution >= 0.6 is 0 Å². The number of hydrogen-bond acceptors (Lipinski definition) is 5. The highest BCUT2D eigenvalue weighted by Gasteiger charge is 2.22. The van der Waals surface area contributed by atoms with Crippen LogP contribution in [0, 0.1) is 21.4 Å². The molecule has 0 saturated carbocycles. The van der Waals surface area contributed by atoms with Crippen molar-refractivity contribution in [3.63, 3.8) is 0 Å². The highest BCUT2D eigenvalue weighted by atomic mass is 16.6. The number of benzene rings is 2. The van der Waals surface area contributed by atoms with Gasteiger partial charge in [-0.1, -0.05) is 12.1 Å². The summed E-state index contributed by atoms with van der Waals surface area (Å²) in [5.41, 5.74) is 2.48. The molecule has 2 heterocycles. The van der Waals surface area contributed by atoms with Crippen LogP contribution < -0.4 is 5.56 Å². The number of non-ortho nitro benzene ring substituents is 1. The summed E-state index contributed by atoms with van der Waals surface area (Å²) < 4.78 is 1.56. The third kappa shape index (κ3) is 2.54. The van der Waals surface area contributed by atoms with Crippen molar-refractivity contribution in [2.75, 3.05) is 0 Å². The van der Waals surface area contributed by atoms with E-state index in [1.165, 1.54) is 18.2 Å². The van der Waals surface area contributed by atoms with Gasteiger partial charge in [0.05, 0.1) is 27.5 Å². The Morgan fingerprint density at radius 2 is 2.00 bits per heavy atom. The third-order valence-electron chi connectivity index (χ3n) is 4.42. The summed E-state index contributed by atoms with van der Waals surface area (Å²) >= 11 is 0. The van der Waals surface area contributed by atoms with Gasteiger partial charge in [0.1, 0.15) is 5.82 Å². The van der Waals surface area contributed by atoms with Gasteiger partial charge in [-0.15, -0.1) is 0 Å². The van der Waals surface area contributed by atoms with Gasteiger partial charge in [0.25, 0.3) is 11.2 Å².